The van der Waals surface area contributed by atoms with Crippen molar-refractivity contribution in [1.82, 2.24) is 14.5 Å². The van der Waals surface area contributed by atoms with E-state index in [0.717, 1.165) is 43.0 Å². The van der Waals surface area contributed by atoms with Crippen LogP contribution in [0.2, 0.25) is 0 Å². The van der Waals surface area contributed by atoms with Gasteiger partial charge in [-0.25, -0.2) is 9.97 Å². The molecule has 0 aliphatic carbocycles. The molecular formula is C15H20ClN3O. The van der Waals surface area contributed by atoms with Gasteiger partial charge in [0.2, 0.25) is 0 Å². The summed E-state index contributed by atoms with van der Waals surface area (Å²) in [6.07, 6.45) is 7.66. The van der Waals surface area contributed by atoms with Gasteiger partial charge in [-0.1, -0.05) is 0 Å². The zero-order valence-electron chi connectivity index (χ0n) is 11.6. The smallest absolute Gasteiger partial charge is 0.159 e. The minimum atomic E-state index is 0.383. The minimum Gasteiger partial charge on any atom is -0.378 e. The van der Waals surface area contributed by atoms with E-state index in [1.54, 1.807) is 0 Å². The number of aryl methyl sites for hydroxylation is 2. The third-order valence-corrected chi connectivity index (χ3v) is 4.04. The standard InChI is InChI=1S/C15H20ClN3O/c16-8-6-14-18-13-5-3-9-17-15(13)19(14)10-7-12-4-1-2-11-20-12/h3,5,9,12H,1-2,4,6-8,10-11H2. The van der Waals surface area contributed by atoms with Crippen molar-refractivity contribution in [1.29, 1.82) is 0 Å². The number of fused-ring (bicyclic) bond motifs is 1. The zero-order chi connectivity index (χ0) is 13.8. The molecule has 1 unspecified atom stereocenters. The number of ether oxygens (including phenoxy) is 1. The molecule has 0 radical (unpaired) electrons. The molecule has 3 rings (SSSR count). The fourth-order valence-electron chi connectivity index (χ4n) is 2.82. The van der Waals surface area contributed by atoms with Gasteiger partial charge < -0.3 is 9.30 Å². The number of alkyl halides is 1. The molecule has 108 valence electrons. The van der Waals surface area contributed by atoms with E-state index in [9.17, 15) is 0 Å². The van der Waals surface area contributed by atoms with E-state index in [1.807, 2.05) is 18.3 Å². The van der Waals surface area contributed by atoms with Crippen LogP contribution in [0, 0.1) is 0 Å². The second-order valence-corrected chi connectivity index (χ2v) is 5.62. The van der Waals surface area contributed by atoms with Crippen LogP contribution in [0.25, 0.3) is 11.2 Å². The van der Waals surface area contributed by atoms with Gasteiger partial charge in [-0.05, 0) is 37.8 Å². The second kappa shape index (κ2) is 6.55. The SMILES string of the molecule is ClCCc1nc2cccnc2n1CCC1CCCCO1. The molecule has 0 N–H and O–H groups in total. The molecule has 4 nitrogen and oxygen atoms in total. The summed E-state index contributed by atoms with van der Waals surface area (Å²) in [5, 5.41) is 0. The maximum Gasteiger partial charge on any atom is 0.159 e. The Balaban J connectivity index is 1.79. The van der Waals surface area contributed by atoms with Crippen molar-refractivity contribution in [2.45, 2.75) is 44.8 Å². The van der Waals surface area contributed by atoms with Crippen molar-refractivity contribution in [2.75, 3.05) is 12.5 Å². The predicted octanol–water partition coefficient (Wildman–Crippen LogP) is 3.17. The Kier molecular flexibility index (Phi) is 4.53. The van der Waals surface area contributed by atoms with E-state index in [4.69, 9.17) is 16.3 Å². The van der Waals surface area contributed by atoms with Crippen LogP contribution in [-0.2, 0) is 17.7 Å². The number of hydrogen-bond acceptors (Lipinski definition) is 3. The Hall–Kier alpha value is -1.13. The fourth-order valence-corrected chi connectivity index (χ4v) is 2.99. The topological polar surface area (TPSA) is 39.9 Å². The number of hydrogen-bond donors (Lipinski definition) is 0. The largest absolute Gasteiger partial charge is 0.378 e. The lowest BCUT2D eigenvalue weighted by molar-refractivity contribution is 0.00885. The van der Waals surface area contributed by atoms with Crippen LogP contribution in [0.1, 0.15) is 31.5 Å². The van der Waals surface area contributed by atoms with Gasteiger partial charge in [-0.2, -0.15) is 0 Å². The number of rotatable bonds is 5. The van der Waals surface area contributed by atoms with Crippen molar-refractivity contribution in [3.63, 3.8) is 0 Å². The molecule has 1 aliphatic rings. The Morgan fingerprint density at radius 2 is 2.35 bits per heavy atom. The summed E-state index contributed by atoms with van der Waals surface area (Å²) in [6.45, 7) is 1.81. The third kappa shape index (κ3) is 2.96. The Morgan fingerprint density at radius 3 is 3.15 bits per heavy atom. The first kappa shape index (κ1) is 13.8. The fraction of sp³-hybridized carbons (Fsp3) is 0.600. The van der Waals surface area contributed by atoms with Crippen LogP contribution in [0.15, 0.2) is 18.3 Å². The summed E-state index contributed by atoms with van der Waals surface area (Å²) in [5.41, 5.74) is 1.92. The molecule has 1 saturated heterocycles. The zero-order valence-corrected chi connectivity index (χ0v) is 12.4. The summed E-state index contributed by atoms with van der Waals surface area (Å²) >= 11 is 5.89. The Bertz CT molecular complexity index is 563. The molecule has 0 spiro atoms. The Labute approximate surface area is 124 Å². The highest BCUT2D eigenvalue weighted by Gasteiger charge is 2.16. The van der Waals surface area contributed by atoms with Gasteiger partial charge in [0.1, 0.15) is 11.3 Å². The number of pyridine rings is 1. The first-order valence-corrected chi connectivity index (χ1v) is 7.89. The van der Waals surface area contributed by atoms with Gasteiger partial charge >= 0.3 is 0 Å². The lowest BCUT2D eigenvalue weighted by Gasteiger charge is -2.23. The van der Waals surface area contributed by atoms with E-state index in [2.05, 4.69) is 14.5 Å². The predicted molar refractivity (Wildman–Crippen MR) is 80.2 cm³/mol. The third-order valence-electron chi connectivity index (χ3n) is 3.85. The van der Waals surface area contributed by atoms with E-state index in [-0.39, 0.29) is 0 Å². The summed E-state index contributed by atoms with van der Waals surface area (Å²) in [4.78, 5) is 9.11. The molecule has 2 aromatic rings. The molecule has 1 atom stereocenters. The molecule has 0 aromatic carbocycles. The molecule has 1 fully saturated rings. The van der Waals surface area contributed by atoms with Crippen molar-refractivity contribution in [2.24, 2.45) is 0 Å². The minimum absolute atomic E-state index is 0.383. The van der Waals surface area contributed by atoms with Gasteiger partial charge in [0.15, 0.2) is 5.65 Å². The summed E-state index contributed by atoms with van der Waals surface area (Å²) in [7, 11) is 0. The van der Waals surface area contributed by atoms with Gasteiger partial charge in [0.25, 0.3) is 0 Å². The average Bonchev–Trinajstić information content (AvgIpc) is 2.84. The number of imidazole rings is 1. The average molecular weight is 294 g/mol. The van der Waals surface area contributed by atoms with Crippen molar-refractivity contribution in [3.8, 4) is 0 Å². The van der Waals surface area contributed by atoms with Crippen LogP contribution in [0.3, 0.4) is 0 Å². The molecule has 3 heterocycles. The highest BCUT2D eigenvalue weighted by atomic mass is 35.5. The van der Waals surface area contributed by atoms with E-state index < -0.39 is 0 Å². The van der Waals surface area contributed by atoms with Gasteiger partial charge in [-0.3, -0.25) is 0 Å². The molecule has 1 aliphatic heterocycles. The first-order chi connectivity index (χ1) is 9.88. The van der Waals surface area contributed by atoms with E-state index >= 15 is 0 Å². The normalized spacial score (nSPS) is 19.6. The second-order valence-electron chi connectivity index (χ2n) is 5.24. The first-order valence-electron chi connectivity index (χ1n) is 7.36. The molecule has 0 bridgehead atoms. The maximum atomic E-state index is 5.89. The van der Waals surface area contributed by atoms with Crippen LogP contribution < -0.4 is 0 Å². The van der Waals surface area contributed by atoms with Crippen LogP contribution in [0.4, 0.5) is 0 Å². The van der Waals surface area contributed by atoms with Gasteiger partial charge in [0, 0.05) is 31.6 Å². The lowest BCUT2D eigenvalue weighted by Crippen LogP contribution is -2.21. The van der Waals surface area contributed by atoms with Crippen molar-refractivity contribution >= 4 is 22.8 Å². The molecule has 0 saturated carbocycles. The van der Waals surface area contributed by atoms with E-state index in [1.165, 1.54) is 19.3 Å². The van der Waals surface area contributed by atoms with Gasteiger partial charge in [0.05, 0.1) is 6.10 Å². The van der Waals surface area contributed by atoms with Crippen molar-refractivity contribution < 1.29 is 4.74 Å². The molecule has 0 amide bonds. The number of halogens is 1. The summed E-state index contributed by atoms with van der Waals surface area (Å²) in [5.74, 6) is 1.62. The van der Waals surface area contributed by atoms with E-state index in [0.29, 0.717) is 12.0 Å². The summed E-state index contributed by atoms with van der Waals surface area (Å²) in [6, 6.07) is 3.93. The number of aromatic nitrogens is 3. The van der Waals surface area contributed by atoms with Crippen molar-refractivity contribution in [3.05, 3.63) is 24.2 Å². The van der Waals surface area contributed by atoms with Crippen LogP contribution in [-0.4, -0.2) is 33.1 Å². The maximum absolute atomic E-state index is 5.89. The monoisotopic (exact) mass is 293 g/mol. The number of nitrogens with zero attached hydrogens (tertiary/aromatic N) is 3. The molecule has 20 heavy (non-hydrogen) atoms. The quantitative estimate of drug-likeness (QED) is 0.795. The molecular weight excluding hydrogens is 274 g/mol. The van der Waals surface area contributed by atoms with Crippen LogP contribution in [0.5, 0.6) is 0 Å². The molecule has 5 heteroatoms. The lowest BCUT2D eigenvalue weighted by atomic mass is 10.1. The molecule has 2 aromatic heterocycles. The van der Waals surface area contributed by atoms with Gasteiger partial charge in [-0.15, -0.1) is 11.6 Å². The van der Waals surface area contributed by atoms with Crippen LogP contribution >= 0.6 is 11.6 Å². The highest BCUT2D eigenvalue weighted by molar-refractivity contribution is 6.17. The Morgan fingerprint density at radius 1 is 1.40 bits per heavy atom. The summed E-state index contributed by atoms with van der Waals surface area (Å²) < 4.78 is 8.01. The highest BCUT2D eigenvalue weighted by Crippen LogP contribution is 2.19.